The van der Waals surface area contributed by atoms with Gasteiger partial charge in [0.2, 0.25) is 0 Å². The molecule has 5 heterocycles. The van der Waals surface area contributed by atoms with Crippen molar-refractivity contribution in [1.29, 1.82) is 0 Å². The van der Waals surface area contributed by atoms with Crippen molar-refractivity contribution >= 4 is 37.4 Å². The number of fused-ring (bicyclic) bond motifs is 5. The van der Waals surface area contributed by atoms with Gasteiger partial charge in [-0.05, 0) is 25.5 Å². The van der Waals surface area contributed by atoms with Crippen LogP contribution in [0.2, 0.25) is 0 Å². The van der Waals surface area contributed by atoms with Gasteiger partial charge in [-0.2, -0.15) is 5.10 Å². The summed E-state index contributed by atoms with van der Waals surface area (Å²) in [6, 6.07) is 2.09. The van der Waals surface area contributed by atoms with Gasteiger partial charge in [-0.25, -0.2) is 19.5 Å². The van der Waals surface area contributed by atoms with Crippen LogP contribution in [0.5, 0.6) is 0 Å². The predicted molar refractivity (Wildman–Crippen MR) is 93.1 cm³/mol. The molecule has 0 saturated carbocycles. The van der Waals surface area contributed by atoms with Crippen LogP contribution in [0.25, 0.3) is 37.5 Å². The van der Waals surface area contributed by atoms with Crippen LogP contribution in [-0.2, 0) is 7.05 Å². The van der Waals surface area contributed by atoms with E-state index in [4.69, 9.17) is 4.98 Å². The second-order valence-electron chi connectivity index (χ2n) is 5.89. The third kappa shape index (κ3) is 1.80. The van der Waals surface area contributed by atoms with Crippen molar-refractivity contribution < 1.29 is 0 Å². The zero-order valence-corrected chi connectivity index (χ0v) is 14.2. The summed E-state index contributed by atoms with van der Waals surface area (Å²) in [5.74, 6) is 0.649. The molecule has 0 fully saturated rings. The Kier molecular flexibility index (Phi) is 2.58. The molecule has 0 spiro atoms. The van der Waals surface area contributed by atoms with Crippen molar-refractivity contribution in [2.45, 2.75) is 13.8 Å². The molecule has 0 atom stereocenters. The Balaban J connectivity index is 1.86. The average molecular weight is 335 g/mol. The van der Waals surface area contributed by atoms with Crippen LogP contribution in [0.4, 0.5) is 0 Å². The summed E-state index contributed by atoms with van der Waals surface area (Å²) in [4.78, 5) is 15.0. The first-order valence-corrected chi connectivity index (χ1v) is 8.32. The monoisotopic (exact) mass is 335 g/mol. The van der Waals surface area contributed by atoms with E-state index < -0.39 is 0 Å². The van der Waals surface area contributed by atoms with Crippen molar-refractivity contribution in [1.82, 2.24) is 34.3 Å². The van der Waals surface area contributed by atoms with Crippen LogP contribution < -0.4 is 0 Å². The summed E-state index contributed by atoms with van der Waals surface area (Å²) in [7, 11) is 1.88. The third-order valence-corrected chi connectivity index (χ3v) is 5.12. The second kappa shape index (κ2) is 4.57. The van der Waals surface area contributed by atoms with Crippen molar-refractivity contribution in [2.24, 2.45) is 7.05 Å². The Morgan fingerprint density at radius 3 is 2.83 bits per heavy atom. The van der Waals surface area contributed by atoms with Gasteiger partial charge in [0, 0.05) is 24.3 Å². The Labute approximate surface area is 140 Å². The smallest absolute Gasteiger partial charge is 0.185 e. The van der Waals surface area contributed by atoms with Gasteiger partial charge >= 0.3 is 0 Å². The normalized spacial score (nSPS) is 12.0. The highest BCUT2D eigenvalue weighted by molar-refractivity contribution is 7.26. The highest BCUT2D eigenvalue weighted by atomic mass is 32.1. The Morgan fingerprint density at radius 2 is 2.04 bits per heavy atom. The van der Waals surface area contributed by atoms with E-state index in [1.807, 2.05) is 20.2 Å². The molecular weight excluding hydrogens is 322 g/mol. The SMILES string of the molecule is Cc1cc(C)c2c(n1)sc1c2ncn2nc(-c3cnn(C)c3)nc12. The average Bonchev–Trinajstić information content (AvgIpc) is 3.20. The standard InChI is InChI=1S/C16H13N7S/c1-8-4-9(2)19-16-11(8)12-13(24-16)15-20-14(21-23(15)7-17-12)10-5-18-22(3)6-10/h4-7H,1-3H3. The minimum absolute atomic E-state index is 0.649. The van der Waals surface area contributed by atoms with Crippen LogP contribution >= 0.6 is 11.3 Å². The first-order chi connectivity index (χ1) is 11.6. The maximum absolute atomic E-state index is 4.71. The first kappa shape index (κ1) is 13.6. The van der Waals surface area contributed by atoms with Crippen molar-refractivity contribution in [3.05, 3.63) is 36.0 Å². The summed E-state index contributed by atoms with van der Waals surface area (Å²) in [5, 5.41) is 9.82. The minimum Gasteiger partial charge on any atom is -0.275 e. The lowest BCUT2D eigenvalue weighted by Crippen LogP contribution is -1.90. The molecule has 5 rings (SSSR count). The fourth-order valence-corrected chi connectivity index (χ4v) is 4.25. The van der Waals surface area contributed by atoms with Crippen LogP contribution in [0, 0.1) is 13.8 Å². The van der Waals surface area contributed by atoms with Gasteiger partial charge in [-0.1, -0.05) is 0 Å². The number of nitrogens with zero attached hydrogens (tertiary/aromatic N) is 7. The van der Waals surface area contributed by atoms with Gasteiger partial charge in [-0.15, -0.1) is 16.4 Å². The molecule has 118 valence electrons. The molecule has 0 radical (unpaired) electrons. The fraction of sp³-hybridized carbons (Fsp3) is 0.188. The molecule has 0 aliphatic heterocycles. The Morgan fingerprint density at radius 1 is 1.17 bits per heavy atom. The lowest BCUT2D eigenvalue weighted by Gasteiger charge is -1.98. The highest BCUT2D eigenvalue weighted by Crippen LogP contribution is 2.35. The number of rotatable bonds is 1. The van der Waals surface area contributed by atoms with Crippen molar-refractivity contribution in [3.8, 4) is 11.4 Å². The zero-order chi connectivity index (χ0) is 16.4. The second-order valence-corrected chi connectivity index (χ2v) is 6.89. The molecule has 5 aromatic heterocycles. The van der Waals surface area contributed by atoms with E-state index >= 15 is 0 Å². The van der Waals surface area contributed by atoms with Crippen molar-refractivity contribution in [3.63, 3.8) is 0 Å². The lowest BCUT2D eigenvalue weighted by atomic mass is 10.1. The maximum Gasteiger partial charge on any atom is 0.185 e. The fourth-order valence-electron chi connectivity index (χ4n) is 3.03. The third-order valence-electron chi connectivity index (χ3n) is 4.06. The molecule has 0 N–H and O–H groups in total. The molecule has 0 aliphatic carbocycles. The van der Waals surface area contributed by atoms with E-state index in [0.29, 0.717) is 5.82 Å². The highest BCUT2D eigenvalue weighted by Gasteiger charge is 2.17. The minimum atomic E-state index is 0.649. The van der Waals surface area contributed by atoms with Gasteiger partial charge in [-0.3, -0.25) is 4.68 Å². The summed E-state index contributed by atoms with van der Waals surface area (Å²) in [6.45, 7) is 4.11. The summed E-state index contributed by atoms with van der Waals surface area (Å²) in [6.07, 6.45) is 5.38. The molecule has 0 bridgehead atoms. The van der Waals surface area contributed by atoms with Crippen molar-refractivity contribution in [2.75, 3.05) is 0 Å². The number of aromatic nitrogens is 7. The Bertz CT molecular complexity index is 1240. The van der Waals surface area contributed by atoms with Gasteiger partial charge in [0.1, 0.15) is 15.9 Å². The van der Waals surface area contributed by atoms with Gasteiger partial charge in [0.05, 0.1) is 17.3 Å². The van der Waals surface area contributed by atoms with Crippen LogP contribution in [0.15, 0.2) is 24.8 Å². The maximum atomic E-state index is 4.71. The van der Waals surface area contributed by atoms with E-state index in [-0.39, 0.29) is 0 Å². The topological polar surface area (TPSA) is 73.8 Å². The summed E-state index contributed by atoms with van der Waals surface area (Å²) < 4.78 is 4.48. The first-order valence-electron chi connectivity index (χ1n) is 7.51. The molecule has 24 heavy (non-hydrogen) atoms. The molecule has 8 heteroatoms. The van der Waals surface area contributed by atoms with Crippen LogP contribution in [0.3, 0.4) is 0 Å². The molecule has 0 unspecified atom stereocenters. The number of thiophene rings is 1. The molecule has 0 amide bonds. The number of pyridine rings is 1. The van der Waals surface area contributed by atoms with Gasteiger partial charge < -0.3 is 0 Å². The lowest BCUT2D eigenvalue weighted by molar-refractivity contribution is 0.768. The molecule has 5 aromatic rings. The van der Waals surface area contributed by atoms with Gasteiger partial charge in [0.25, 0.3) is 0 Å². The summed E-state index contributed by atoms with van der Waals surface area (Å²) >= 11 is 1.62. The van der Waals surface area contributed by atoms with E-state index in [1.54, 1.807) is 33.1 Å². The molecule has 0 aromatic carbocycles. The van der Waals surface area contributed by atoms with E-state index in [1.165, 1.54) is 5.56 Å². The molecular formula is C16H13N7S. The molecule has 7 nitrogen and oxygen atoms in total. The number of hydrogen-bond acceptors (Lipinski definition) is 6. The Hall–Kier alpha value is -2.87. The van der Waals surface area contributed by atoms with E-state index in [0.717, 1.165) is 37.3 Å². The largest absolute Gasteiger partial charge is 0.275 e. The number of hydrogen-bond donors (Lipinski definition) is 0. The quantitative estimate of drug-likeness (QED) is 0.471. The van der Waals surface area contributed by atoms with E-state index in [9.17, 15) is 0 Å². The molecule has 0 aliphatic rings. The van der Waals surface area contributed by atoms with Gasteiger partial charge in [0.15, 0.2) is 11.5 Å². The summed E-state index contributed by atoms with van der Waals surface area (Å²) in [5.41, 5.74) is 4.84. The zero-order valence-electron chi connectivity index (χ0n) is 13.3. The number of aryl methyl sites for hydroxylation is 3. The van der Waals surface area contributed by atoms with Crippen LogP contribution in [-0.4, -0.2) is 34.3 Å². The predicted octanol–water partition coefficient (Wildman–Crippen LogP) is 2.90. The van der Waals surface area contributed by atoms with E-state index in [2.05, 4.69) is 33.2 Å². The van der Waals surface area contributed by atoms with Crippen LogP contribution in [0.1, 0.15) is 11.3 Å². The molecule has 0 saturated heterocycles.